The van der Waals surface area contributed by atoms with E-state index in [4.69, 9.17) is 10.00 Å². The Morgan fingerprint density at radius 1 is 1.39 bits per heavy atom. The highest BCUT2D eigenvalue weighted by Crippen LogP contribution is 2.23. The van der Waals surface area contributed by atoms with Crippen LogP contribution in [0.1, 0.15) is 21.7 Å². The van der Waals surface area contributed by atoms with E-state index in [-0.39, 0.29) is 0 Å². The maximum absolute atomic E-state index is 9.03. The van der Waals surface area contributed by atoms with E-state index < -0.39 is 0 Å². The van der Waals surface area contributed by atoms with Crippen molar-refractivity contribution in [1.82, 2.24) is 4.98 Å². The molecule has 0 bridgehead atoms. The van der Waals surface area contributed by atoms with E-state index in [0.717, 1.165) is 17.7 Å². The Hall–Kier alpha value is -1.86. The highest BCUT2D eigenvalue weighted by atomic mass is 32.1. The Labute approximate surface area is 111 Å². The van der Waals surface area contributed by atoms with Crippen LogP contribution in [0.2, 0.25) is 0 Å². The van der Waals surface area contributed by atoms with Crippen LogP contribution in [-0.2, 0) is 6.42 Å². The summed E-state index contributed by atoms with van der Waals surface area (Å²) in [4.78, 5) is 5.44. The molecule has 2 rings (SSSR count). The Morgan fingerprint density at radius 3 is 2.89 bits per heavy atom. The minimum absolute atomic E-state index is 0.572. The number of para-hydroxylation sites is 1. The van der Waals surface area contributed by atoms with E-state index in [2.05, 4.69) is 11.1 Å². The molecule has 0 saturated carbocycles. The van der Waals surface area contributed by atoms with Gasteiger partial charge in [0, 0.05) is 11.3 Å². The van der Waals surface area contributed by atoms with Crippen LogP contribution in [0.25, 0.3) is 0 Å². The molecular weight excluding hydrogens is 244 g/mol. The van der Waals surface area contributed by atoms with E-state index in [1.807, 2.05) is 31.5 Å². The van der Waals surface area contributed by atoms with Gasteiger partial charge in [-0.05, 0) is 25.5 Å². The molecule has 1 heterocycles. The second kappa shape index (κ2) is 5.65. The number of benzene rings is 1. The summed E-state index contributed by atoms with van der Waals surface area (Å²) in [5.74, 6) is 0.696. The number of nitriles is 1. The maximum Gasteiger partial charge on any atom is 0.139 e. The van der Waals surface area contributed by atoms with Crippen molar-refractivity contribution in [2.24, 2.45) is 0 Å². The van der Waals surface area contributed by atoms with Crippen LogP contribution in [0.4, 0.5) is 0 Å². The van der Waals surface area contributed by atoms with Crippen LogP contribution in [0.15, 0.2) is 23.7 Å². The van der Waals surface area contributed by atoms with Crippen molar-refractivity contribution in [3.63, 3.8) is 0 Å². The fourth-order valence-corrected chi connectivity index (χ4v) is 2.51. The summed E-state index contributed by atoms with van der Waals surface area (Å²) in [7, 11) is 0. The molecule has 0 radical (unpaired) electrons. The molecule has 0 aliphatic heterocycles. The summed E-state index contributed by atoms with van der Waals surface area (Å²) >= 11 is 1.64. The molecule has 0 atom stereocenters. The summed E-state index contributed by atoms with van der Waals surface area (Å²) in [6, 6.07) is 7.76. The minimum atomic E-state index is 0.572. The number of hydrogen-bond donors (Lipinski definition) is 0. The lowest BCUT2D eigenvalue weighted by Gasteiger charge is -2.10. The van der Waals surface area contributed by atoms with Gasteiger partial charge in [0.25, 0.3) is 0 Å². The monoisotopic (exact) mass is 258 g/mol. The first-order valence-corrected chi connectivity index (χ1v) is 6.62. The third-order valence-electron chi connectivity index (χ3n) is 2.75. The summed E-state index contributed by atoms with van der Waals surface area (Å²) in [6.45, 7) is 4.52. The van der Waals surface area contributed by atoms with Gasteiger partial charge in [0.1, 0.15) is 11.8 Å². The highest BCUT2D eigenvalue weighted by Gasteiger charge is 2.07. The quantitative estimate of drug-likeness (QED) is 0.845. The summed E-state index contributed by atoms with van der Waals surface area (Å²) in [6.07, 6.45) is 0.829. The van der Waals surface area contributed by atoms with E-state index in [1.165, 1.54) is 4.88 Å². The van der Waals surface area contributed by atoms with Gasteiger partial charge in [-0.3, -0.25) is 0 Å². The Morgan fingerprint density at radius 2 is 2.22 bits per heavy atom. The normalized spacial score (nSPS) is 10.1. The van der Waals surface area contributed by atoms with Crippen molar-refractivity contribution in [3.05, 3.63) is 45.4 Å². The Bertz CT molecular complexity index is 584. The van der Waals surface area contributed by atoms with Crippen LogP contribution in [0.3, 0.4) is 0 Å². The minimum Gasteiger partial charge on any atom is -0.492 e. The van der Waals surface area contributed by atoms with Crippen LogP contribution < -0.4 is 4.74 Å². The van der Waals surface area contributed by atoms with Crippen LogP contribution >= 0.6 is 11.3 Å². The van der Waals surface area contributed by atoms with Crippen LogP contribution in [0.5, 0.6) is 5.75 Å². The third kappa shape index (κ3) is 2.69. The molecule has 1 aromatic heterocycles. The van der Waals surface area contributed by atoms with Gasteiger partial charge in [-0.1, -0.05) is 12.1 Å². The lowest BCUT2D eigenvalue weighted by atomic mass is 10.1. The molecule has 0 N–H and O–H groups in total. The van der Waals surface area contributed by atoms with Gasteiger partial charge < -0.3 is 4.74 Å². The average Bonchev–Trinajstić information content (AvgIpc) is 2.77. The lowest BCUT2D eigenvalue weighted by Crippen LogP contribution is -2.03. The second-order valence-electron chi connectivity index (χ2n) is 4.02. The highest BCUT2D eigenvalue weighted by molar-refractivity contribution is 7.09. The van der Waals surface area contributed by atoms with Gasteiger partial charge in [-0.25, -0.2) is 4.98 Å². The molecule has 0 aliphatic carbocycles. The lowest BCUT2D eigenvalue weighted by molar-refractivity contribution is 0.319. The van der Waals surface area contributed by atoms with E-state index in [0.29, 0.717) is 17.9 Å². The molecule has 2 aromatic rings. The fraction of sp³-hybridized carbons (Fsp3) is 0.286. The number of nitrogens with zero attached hydrogens (tertiary/aromatic N) is 2. The molecule has 0 saturated heterocycles. The standard InChI is InChI=1S/C14H14N2OS/c1-10-4-3-5-12(8-15)14(10)17-7-6-13-11(2)16-9-18-13/h3-5,9H,6-7H2,1-2H3. The van der Waals surface area contributed by atoms with Crippen LogP contribution in [-0.4, -0.2) is 11.6 Å². The predicted octanol–water partition coefficient (Wildman–Crippen LogP) is 3.25. The van der Waals surface area contributed by atoms with E-state index in [1.54, 1.807) is 17.4 Å². The number of rotatable bonds is 4. The molecule has 0 spiro atoms. The largest absolute Gasteiger partial charge is 0.492 e. The number of ether oxygens (including phenoxy) is 1. The van der Waals surface area contributed by atoms with Crippen molar-refractivity contribution in [2.75, 3.05) is 6.61 Å². The van der Waals surface area contributed by atoms with Crippen LogP contribution in [0, 0.1) is 25.2 Å². The van der Waals surface area contributed by atoms with Crippen molar-refractivity contribution in [2.45, 2.75) is 20.3 Å². The number of aromatic nitrogens is 1. The zero-order chi connectivity index (χ0) is 13.0. The summed E-state index contributed by atoms with van der Waals surface area (Å²) in [5, 5.41) is 9.03. The number of thiazole rings is 1. The van der Waals surface area contributed by atoms with Crippen molar-refractivity contribution < 1.29 is 4.74 Å². The van der Waals surface area contributed by atoms with Gasteiger partial charge in [-0.2, -0.15) is 5.26 Å². The fourth-order valence-electron chi connectivity index (χ4n) is 1.74. The van der Waals surface area contributed by atoms with Gasteiger partial charge in [0.2, 0.25) is 0 Å². The topological polar surface area (TPSA) is 45.9 Å². The van der Waals surface area contributed by atoms with E-state index in [9.17, 15) is 0 Å². The molecule has 18 heavy (non-hydrogen) atoms. The third-order valence-corrected chi connectivity index (χ3v) is 3.75. The maximum atomic E-state index is 9.03. The average molecular weight is 258 g/mol. The Balaban J connectivity index is 2.03. The summed E-state index contributed by atoms with van der Waals surface area (Å²) < 4.78 is 5.74. The zero-order valence-corrected chi connectivity index (χ0v) is 11.3. The summed E-state index contributed by atoms with van der Waals surface area (Å²) in [5.41, 5.74) is 4.50. The molecular formula is C14H14N2OS. The van der Waals surface area contributed by atoms with Gasteiger partial charge in [-0.15, -0.1) is 11.3 Å². The Kier molecular flexibility index (Phi) is 3.96. The smallest absolute Gasteiger partial charge is 0.139 e. The molecule has 92 valence electrons. The molecule has 0 fully saturated rings. The van der Waals surface area contributed by atoms with Crippen molar-refractivity contribution >= 4 is 11.3 Å². The van der Waals surface area contributed by atoms with Gasteiger partial charge >= 0.3 is 0 Å². The molecule has 0 aliphatic rings. The SMILES string of the molecule is Cc1cccc(C#N)c1OCCc1scnc1C. The first-order valence-electron chi connectivity index (χ1n) is 5.74. The number of aryl methyl sites for hydroxylation is 2. The van der Waals surface area contributed by atoms with Crippen molar-refractivity contribution in [3.8, 4) is 11.8 Å². The molecule has 0 amide bonds. The predicted molar refractivity (Wildman–Crippen MR) is 71.9 cm³/mol. The van der Waals surface area contributed by atoms with Gasteiger partial charge in [0.05, 0.1) is 23.4 Å². The molecule has 0 unspecified atom stereocenters. The van der Waals surface area contributed by atoms with Gasteiger partial charge in [0.15, 0.2) is 0 Å². The zero-order valence-electron chi connectivity index (χ0n) is 10.4. The molecule has 1 aromatic carbocycles. The van der Waals surface area contributed by atoms with Crippen molar-refractivity contribution in [1.29, 1.82) is 5.26 Å². The first kappa shape index (κ1) is 12.6. The second-order valence-corrected chi connectivity index (χ2v) is 4.96. The molecule has 3 nitrogen and oxygen atoms in total. The number of hydrogen-bond acceptors (Lipinski definition) is 4. The van der Waals surface area contributed by atoms with E-state index >= 15 is 0 Å². The molecule has 4 heteroatoms. The first-order chi connectivity index (χ1) is 8.72.